The lowest BCUT2D eigenvalue weighted by atomic mass is 9.85. The second-order valence-corrected chi connectivity index (χ2v) is 4.76. The zero-order valence-corrected chi connectivity index (χ0v) is 10.4. The lowest BCUT2D eigenvalue weighted by Crippen LogP contribution is -2.51. The second-order valence-electron chi connectivity index (χ2n) is 4.76. The number of hydrogen-bond acceptors (Lipinski definition) is 4. The van der Waals surface area contributed by atoms with E-state index in [0.717, 1.165) is 0 Å². The number of ether oxygens (including phenoxy) is 1. The minimum atomic E-state index is -1.03. The summed E-state index contributed by atoms with van der Waals surface area (Å²) >= 11 is 0. The average molecular weight is 244 g/mol. The Morgan fingerprint density at radius 1 is 1.59 bits per heavy atom. The van der Waals surface area contributed by atoms with Crippen molar-refractivity contribution in [2.75, 3.05) is 26.8 Å². The van der Waals surface area contributed by atoms with Crippen LogP contribution in [0.4, 0.5) is 0 Å². The van der Waals surface area contributed by atoms with Crippen LogP contribution in [0, 0.1) is 11.3 Å². The molecule has 0 spiro atoms. The van der Waals surface area contributed by atoms with Crippen molar-refractivity contribution in [1.82, 2.24) is 10.6 Å². The summed E-state index contributed by atoms with van der Waals surface area (Å²) in [6.45, 7) is 4.33. The molecule has 6 nitrogen and oxygen atoms in total. The molecule has 3 unspecified atom stereocenters. The Morgan fingerprint density at radius 3 is 2.76 bits per heavy atom. The Kier molecular flexibility index (Phi) is 4.47. The van der Waals surface area contributed by atoms with Crippen LogP contribution < -0.4 is 10.6 Å². The third kappa shape index (κ3) is 2.95. The first-order valence-electron chi connectivity index (χ1n) is 5.68. The van der Waals surface area contributed by atoms with E-state index in [0.29, 0.717) is 6.54 Å². The number of hydrogen-bond donors (Lipinski definition) is 3. The molecule has 0 aromatic heterocycles. The SMILES string of the molecule is CNCC(C)C(=O)NC1COCC1(C)C(=O)O. The van der Waals surface area contributed by atoms with E-state index >= 15 is 0 Å². The highest BCUT2D eigenvalue weighted by atomic mass is 16.5. The number of rotatable bonds is 5. The van der Waals surface area contributed by atoms with Crippen LogP contribution in [0.2, 0.25) is 0 Å². The summed E-state index contributed by atoms with van der Waals surface area (Å²) in [5.41, 5.74) is -1.03. The molecule has 1 aliphatic heterocycles. The number of carbonyl (C=O) groups is 2. The normalized spacial score (nSPS) is 29.9. The van der Waals surface area contributed by atoms with Crippen LogP contribution in [0.1, 0.15) is 13.8 Å². The monoisotopic (exact) mass is 244 g/mol. The molecular formula is C11H20N2O4. The van der Waals surface area contributed by atoms with Crippen LogP contribution >= 0.6 is 0 Å². The Labute approximate surface area is 101 Å². The predicted octanol–water partition coefficient (Wildman–Crippen LogP) is -0.552. The van der Waals surface area contributed by atoms with Gasteiger partial charge in [-0.1, -0.05) is 6.92 Å². The molecule has 3 atom stereocenters. The fraction of sp³-hybridized carbons (Fsp3) is 0.818. The van der Waals surface area contributed by atoms with Crippen LogP contribution in [0.15, 0.2) is 0 Å². The average Bonchev–Trinajstić information content (AvgIpc) is 2.62. The maximum absolute atomic E-state index is 11.8. The third-order valence-electron chi connectivity index (χ3n) is 3.22. The van der Waals surface area contributed by atoms with E-state index in [1.54, 1.807) is 20.9 Å². The highest BCUT2D eigenvalue weighted by Crippen LogP contribution is 2.28. The first-order valence-corrected chi connectivity index (χ1v) is 5.68. The molecule has 1 aliphatic rings. The molecule has 1 fully saturated rings. The molecule has 0 bridgehead atoms. The summed E-state index contributed by atoms with van der Waals surface area (Å²) in [6.07, 6.45) is 0. The highest BCUT2D eigenvalue weighted by Gasteiger charge is 2.47. The molecule has 6 heteroatoms. The molecule has 17 heavy (non-hydrogen) atoms. The number of amides is 1. The van der Waals surface area contributed by atoms with Crippen molar-refractivity contribution in [1.29, 1.82) is 0 Å². The van der Waals surface area contributed by atoms with E-state index < -0.39 is 17.4 Å². The van der Waals surface area contributed by atoms with Crippen molar-refractivity contribution in [2.24, 2.45) is 11.3 Å². The number of carboxylic acids is 1. The van der Waals surface area contributed by atoms with Crippen molar-refractivity contribution in [3.63, 3.8) is 0 Å². The van der Waals surface area contributed by atoms with Crippen molar-refractivity contribution >= 4 is 11.9 Å². The second kappa shape index (κ2) is 5.46. The molecule has 98 valence electrons. The van der Waals surface area contributed by atoms with Gasteiger partial charge in [-0.15, -0.1) is 0 Å². The molecule has 0 aromatic carbocycles. The van der Waals surface area contributed by atoms with Gasteiger partial charge in [0.25, 0.3) is 0 Å². The van der Waals surface area contributed by atoms with Gasteiger partial charge < -0.3 is 20.5 Å². The van der Waals surface area contributed by atoms with Gasteiger partial charge >= 0.3 is 5.97 Å². The summed E-state index contributed by atoms with van der Waals surface area (Å²) in [4.78, 5) is 23.0. The van der Waals surface area contributed by atoms with Gasteiger partial charge in [0.05, 0.1) is 19.3 Å². The Hall–Kier alpha value is -1.14. The first kappa shape index (κ1) is 13.9. The van der Waals surface area contributed by atoms with Gasteiger partial charge in [-0.3, -0.25) is 9.59 Å². The molecule has 0 aromatic rings. The van der Waals surface area contributed by atoms with Crippen molar-refractivity contribution in [3.05, 3.63) is 0 Å². The molecule has 1 heterocycles. The van der Waals surface area contributed by atoms with Gasteiger partial charge in [0.15, 0.2) is 0 Å². The summed E-state index contributed by atoms with van der Waals surface area (Å²) in [5.74, 6) is -1.29. The van der Waals surface area contributed by atoms with Crippen LogP contribution in [0.25, 0.3) is 0 Å². The number of carboxylic acid groups (broad SMARTS) is 1. The molecule has 1 amide bonds. The van der Waals surface area contributed by atoms with Crippen molar-refractivity contribution < 1.29 is 19.4 Å². The summed E-state index contributed by atoms with van der Waals surface area (Å²) in [6, 6.07) is -0.466. The largest absolute Gasteiger partial charge is 0.481 e. The van der Waals surface area contributed by atoms with E-state index in [9.17, 15) is 9.59 Å². The summed E-state index contributed by atoms with van der Waals surface area (Å²) < 4.78 is 5.16. The fourth-order valence-corrected chi connectivity index (χ4v) is 1.80. The third-order valence-corrected chi connectivity index (χ3v) is 3.22. The Bertz CT molecular complexity index is 308. The van der Waals surface area contributed by atoms with E-state index in [2.05, 4.69) is 10.6 Å². The zero-order valence-electron chi connectivity index (χ0n) is 10.4. The Balaban J connectivity index is 2.62. The van der Waals surface area contributed by atoms with Crippen LogP contribution in [-0.2, 0) is 14.3 Å². The topological polar surface area (TPSA) is 87.7 Å². The minimum Gasteiger partial charge on any atom is -0.481 e. The maximum Gasteiger partial charge on any atom is 0.313 e. The first-order chi connectivity index (χ1) is 7.91. The van der Waals surface area contributed by atoms with E-state index in [1.165, 1.54) is 0 Å². The lowest BCUT2D eigenvalue weighted by Gasteiger charge is -2.26. The molecular weight excluding hydrogens is 224 g/mol. The zero-order chi connectivity index (χ0) is 13.1. The molecule has 1 saturated heterocycles. The van der Waals surface area contributed by atoms with Gasteiger partial charge in [0.2, 0.25) is 5.91 Å². The van der Waals surface area contributed by atoms with Crippen LogP contribution in [-0.4, -0.2) is 49.8 Å². The van der Waals surface area contributed by atoms with Gasteiger partial charge in [-0.2, -0.15) is 0 Å². The van der Waals surface area contributed by atoms with Crippen molar-refractivity contribution in [3.8, 4) is 0 Å². The quantitative estimate of drug-likeness (QED) is 0.604. The Morgan fingerprint density at radius 2 is 2.24 bits per heavy atom. The molecule has 0 saturated carbocycles. The van der Waals surface area contributed by atoms with Crippen molar-refractivity contribution in [2.45, 2.75) is 19.9 Å². The fourth-order valence-electron chi connectivity index (χ4n) is 1.80. The van der Waals surface area contributed by atoms with E-state index in [1.807, 2.05) is 0 Å². The number of nitrogens with one attached hydrogen (secondary N) is 2. The van der Waals surface area contributed by atoms with Gasteiger partial charge in [0.1, 0.15) is 5.41 Å². The summed E-state index contributed by atoms with van der Waals surface area (Å²) in [5, 5.41) is 14.8. The van der Waals surface area contributed by atoms with E-state index in [-0.39, 0.29) is 25.0 Å². The highest BCUT2D eigenvalue weighted by molar-refractivity contribution is 5.81. The van der Waals surface area contributed by atoms with E-state index in [4.69, 9.17) is 9.84 Å². The van der Waals surface area contributed by atoms with Gasteiger partial charge in [-0.05, 0) is 14.0 Å². The van der Waals surface area contributed by atoms with Crippen LogP contribution in [0.5, 0.6) is 0 Å². The molecule has 1 rings (SSSR count). The molecule has 0 aliphatic carbocycles. The lowest BCUT2D eigenvalue weighted by molar-refractivity contribution is -0.149. The molecule has 3 N–H and O–H groups in total. The maximum atomic E-state index is 11.8. The summed E-state index contributed by atoms with van der Waals surface area (Å²) in [7, 11) is 1.77. The van der Waals surface area contributed by atoms with Gasteiger partial charge in [-0.25, -0.2) is 0 Å². The number of carbonyl (C=O) groups excluding carboxylic acids is 1. The molecule has 0 radical (unpaired) electrons. The number of aliphatic carboxylic acids is 1. The standard InChI is InChI=1S/C11H20N2O4/c1-7(4-12-3)9(14)13-8-5-17-6-11(8,2)10(15)16/h7-8,12H,4-6H2,1-3H3,(H,13,14)(H,15,16). The predicted molar refractivity (Wildman–Crippen MR) is 61.6 cm³/mol. The smallest absolute Gasteiger partial charge is 0.313 e. The minimum absolute atomic E-state index is 0.133. The van der Waals surface area contributed by atoms with Crippen LogP contribution in [0.3, 0.4) is 0 Å². The van der Waals surface area contributed by atoms with Gasteiger partial charge in [0, 0.05) is 12.5 Å².